The third kappa shape index (κ3) is 9.28. The summed E-state index contributed by atoms with van der Waals surface area (Å²) in [6.07, 6.45) is 2.03. The minimum atomic E-state index is 0.785. The Kier molecular flexibility index (Phi) is 13.0. The van der Waals surface area contributed by atoms with Gasteiger partial charge in [-0.3, -0.25) is 4.90 Å². The number of fused-ring (bicyclic) bond motifs is 9. The Morgan fingerprint density at radius 2 is 0.593 bits per heavy atom. The summed E-state index contributed by atoms with van der Waals surface area (Å²) >= 11 is 0. The fourth-order valence-electron chi connectivity index (χ4n) is 13.4. The number of anilines is 12. The van der Waals surface area contributed by atoms with Crippen LogP contribution in [0.2, 0.25) is 0 Å². The molecule has 8 heteroatoms. The van der Waals surface area contributed by atoms with Crippen LogP contribution in [0.15, 0.2) is 350 Å². The van der Waals surface area contributed by atoms with Crippen molar-refractivity contribution in [1.82, 2.24) is 14.1 Å². The van der Waals surface area contributed by atoms with E-state index in [1.807, 2.05) is 6.20 Å². The number of rotatable bonds is 14. The zero-order valence-electron chi connectivity index (χ0n) is 49.4. The normalized spacial score (nSPS) is 11.5. The molecule has 0 atom stereocenters. The quantitative estimate of drug-likeness (QED) is 0.108. The molecule has 0 fully saturated rings. The maximum atomic E-state index is 7.18. The van der Waals surface area contributed by atoms with Crippen molar-refractivity contribution >= 4 is 134 Å². The largest absolute Gasteiger partial charge is 0.454 e. The fraction of sp³-hybridized carbons (Fsp3) is 0. The first kappa shape index (κ1) is 52.9. The summed E-state index contributed by atoms with van der Waals surface area (Å²) in [5.41, 5.74) is 19.3. The van der Waals surface area contributed by atoms with Gasteiger partial charge in [-0.1, -0.05) is 158 Å². The van der Waals surface area contributed by atoms with E-state index < -0.39 is 0 Å². The molecule has 430 valence electrons. The number of nitrogens with zero attached hydrogens (tertiary/aromatic N) is 7. The Balaban J connectivity index is 0.862. The van der Waals surface area contributed by atoms with Crippen LogP contribution in [0.25, 0.3) is 76.9 Å². The number of aromatic nitrogens is 3. The first-order chi connectivity index (χ1) is 45.2. The molecule has 0 aliphatic rings. The van der Waals surface area contributed by atoms with Crippen LogP contribution in [0.5, 0.6) is 0 Å². The van der Waals surface area contributed by atoms with E-state index in [4.69, 9.17) is 9.40 Å². The van der Waals surface area contributed by atoms with Gasteiger partial charge in [-0.05, 0) is 182 Å². The van der Waals surface area contributed by atoms with Gasteiger partial charge in [0.05, 0.1) is 34.0 Å². The molecule has 0 aliphatic heterocycles. The van der Waals surface area contributed by atoms with Gasteiger partial charge in [-0.2, -0.15) is 0 Å². The number of para-hydroxylation sites is 9. The Morgan fingerprint density at radius 1 is 0.242 bits per heavy atom. The maximum Gasteiger partial charge on any atom is 0.159 e. The smallest absolute Gasteiger partial charge is 0.159 e. The van der Waals surface area contributed by atoms with Crippen molar-refractivity contribution in [3.05, 3.63) is 346 Å². The first-order valence-electron chi connectivity index (χ1n) is 30.8. The van der Waals surface area contributed by atoms with Crippen LogP contribution in [-0.2, 0) is 0 Å². The van der Waals surface area contributed by atoms with Gasteiger partial charge >= 0.3 is 0 Å². The summed E-state index contributed by atoms with van der Waals surface area (Å²) in [4.78, 5) is 14.6. The highest BCUT2D eigenvalue weighted by Crippen LogP contribution is 2.47. The molecule has 4 heterocycles. The molecule has 0 bridgehead atoms. The van der Waals surface area contributed by atoms with E-state index in [0.717, 1.165) is 145 Å². The first-order valence-corrected chi connectivity index (χ1v) is 30.8. The molecule has 17 aromatic rings. The van der Waals surface area contributed by atoms with E-state index in [2.05, 4.69) is 368 Å². The van der Waals surface area contributed by atoms with Crippen LogP contribution in [-0.4, -0.2) is 14.1 Å². The molecule has 0 amide bonds. The number of hydrogen-bond donors (Lipinski definition) is 0. The minimum Gasteiger partial charge on any atom is -0.454 e. The Bertz CT molecular complexity index is 5030. The van der Waals surface area contributed by atoms with E-state index in [0.29, 0.717) is 0 Å². The van der Waals surface area contributed by atoms with Gasteiger partial charge in [0.1, 0.15) is 11.4 Å². The van der Waals surface area contributed by atoms with Gasteiger partial charge in [0, 0.05) is 101 Å². The van der Waals surface area contributed by atoms with Gasteiger partial charge in [-0.25, -0.2) is 4.98 Å². The zero-order valence-corrected chi connectivity index (χ0v) is 49.4. The Morgan fingerprint density at radius 3 is 0.978 bits per heavy atom. The second-order valence-corrected chi connectivity index (χ2v) is 22.8. The summed E-state index contributed by atoms with van der Waals surface area (Å²) in [7, 11) is 0. The number of benzene rings is 13. The summed E-state index contributed by atoms with van der Waals surface area (Å²) in [5.74, 6) is 0.804. The molecule has 0 saturated carbocycles. The zero-order chi connectivity index (χ0) is 60.2. The van der Waals surface area contributed by atoms with Crippen LogP contribution >= 0.6 is 0 Å². The summed E-state index contributed by atoms with van der Waals surface area (Å²) in [5, 5.41) is 6.42. The number of pyridine rings is 1. The van der Waals surface area contributed by atoms with Crippen LogP contribution in [0, 0.1) is 0 Å². The van der Waals surface area contributed by atoms with Crippen molar-refractivity contribution < 1.29 is 4.42 Å². The standard InChI is InChI=1S/C83H57N7O/c1-9-26-58(27-10-1)85(59-28-11-2-12-29-59)66-44-48-76-71(52-66)72-53-67(86(60-30-13-3-14-31-60)61-32-15-4-16-33-61)45-49-77(72)89(76)69-47-51-81-75(55-69)70-42-25-43-79(83(70)91-81)90-78-50-46-68(87(62-34-17-5-18-35-62)63-36-19-6-20-37-63)54-73(78)74-56-82(84-57-80(74)90)88(64-38-21-7-22-39-64)65-40-23-8-24-41-65/h1-57H. The van der Waals surface area contributed by atoms with E-state index in [1.165, 1.54) is 0 Å². The average Bonchev–Trinajstić information content (AvgIpc) is 1.64. The summed E-state index contributed by atoms with van der Waals surface area (Å²) in [6.45, 7) is 0. The molecule has 13 aromatic carbocycles. The molecule has 0 spiro atoms. The lowest BCUT2D eigenvalue weighted by Crippen LogP contribution is -2.11. The maximum absolute atomic E-state index is 7.18. The SMILES string of the molecule is c1ccc(N(c2ccccc2)c2ccc3c(c2)c2cc(N(c4ccccc4)c4ccccc4)ccc2n3-c2ccc3oc4c(-n5c6ccc(N(c7ccccc7)c7ccccc7)cc6c6cc(N(c7ccccc7)c7ccccc7)ncc65)cccc4c3c2)cc1. The highest BCUT2D eigenvalue weighted by Gasteiger charge is 2.25. The summed E-state index contributed by atoms with van der Waals surface area (Å²) < 4.78 is 11.9. The lowest BCUT2D eigenvalue weighted by atomic mass is 10.1. The number of hydrogen-bond acceptors (Lipinski definition) is 6. The van der Waals surface area contributed by atoms with Gasteiger partial charge in [-0.15, -0.1) is 0 Å². The van der Waals surface area contributed by atoms with Crippen LogP contribution < -0.4 is 19.6 Å². The van der Waals surface area contributed by atoms with Crippen molar-refractivity contribution in [3.63, 3.8) is 0 Å². The third-order valence-electron chi connectivity index (χ3n) is 17.4. The van der Waals surface area contributed by atoms with Crippen LogP contribution in [0.4, 0.5) is 68.4 Å². The topological polar surface area (TPSA) is 48.9 Å². The molecule has 0 unspecified atom stereocenters. The van der Waals surface area contributed by atoms with Crippen molar-refractivity contribution in [1.29, 1.82) is 0 Å². The van der Waals surface area contributed by atoms with E-state index in [-0.39, 0.29) is 0 Å². The minimum absolute atomic E-state index is 0.785. The van der Waals surface area contributed by atoms with Crippen molar-refractivity contribution in [2.24, 2.45) is 0 Å². The second kappa shape index (κ2) is 22.4. The van der Waals surface area contributed by atoms with Gasteiger partial charge in [0.25, 0.3) is 0 Å². The highest BCUT2D eigenvalue weighted by atomic mass is 16.3. The average molecular weight is 1170 g/mol. The predicted molar refractivity (Wildman–Crippen MR) is 379 cm³/mol. The van der Waals surface area contributed by atoms with Gasteiger partial charge < -0.3 is 28.3 Å². The molecule has 0 N–H and O–H groups in total. The van der Waals surface area contributed by atoms with Crippen molar-refractivity contribution in [2.45, 2.75) is 0 Å². The van der Waals surface area contributed by atoms with Crippen molar-refractivity contribution in [3.8, 4) is 11.4 Å². The Labute approximate surface area is 526 Å². The monoisotopic (exact) mass is 1170 g/mol. The highest BCUT2D eigenvalue weighted by molar-refractivity contribution is 6.16. The molecule has 91 heavy (non-hydrogen) atoms. The molecule has 17 rings (SSSR count). The third-order valence-corrected chi connectivity index (χ3v) is 17.4. The molecule has 8 nitrogen and oxygen atoms in total. The van der Waals surface area contributed by atoms with E-state index in [1.54, 1.807) is 0 Å². The van der Waals surface area contributed by atoms with E-state index in [9.17, 15) is 0 Å². The molecule has 0 radical (unpaired) electrons. The van der Waals surface area contributed by atoms with E-state index >= 15 is 0 Å². The molecule has 0 aliphatic carbocycles. The van der Waals surface area contributed by atoms with Gasteiger partial charge in [0.15, 0.2) is 5.58 Å². The van der Waals surface area contributed by atoms with Crippen LogP contribution in [0.1, 0.15) is 0 Å². The fourth-order valence-corrected chi connectivity index (χ4v) is 13.4. The molecule has 4 aromatic heterocycles. The second-order valence-electron chi connectivity index (χ2n) is 22.8. The van der Waals surface area contributed by atoms with Gasteiger partial charge in [0.2, 0.25) is 0 Å². The lowest BCUT2D eigenvalue weighted by Gasteiger charge is -2.26. The lowest BCUT2D eigenvalue weighted by molar-refractivity contribution is 0.666. The predicted octanol–water partition coefficient (Wildman–Crippen LogP) is 23.1. The molecule has 0 saturated heterocycles. The summed E-state index contributed by atoms with van der Waals surface area (Å²) in [6, 6.07) is 121. The molecular weight excluding hydrogens is 1110 g/mol. The number of furan rings is 1. The molecular formula is C83H57N7O. The van der Waals surface area contributed by atoms with Crippen LogP contribution in [0.3, 0.4) is 0 Å². The van der Waals surface area contributed by atoms with Crippen molar-refractivity contribution in [2.75, 3.05) is 19.6 Å². The Hall–Kier alpha value is -12.4.